The second-order valence-electron chi connectivity index (χ2n) is 7.32. The topological polar surface area (TPSA) is 85.6 Å². The molecule has 8 heteroatoms. The molecule has 0 aliphatic carbocycles. The summed E-state index contributed by atoms with van der Waals surface area (Å²) in [5, 5.41) is 13.1. The number of nitrogens with zero attached hydrogens (tertiary/aromatic N) is 3. The van der Waals surface area contributed by atoms with Gasteiger partial charge in [0.25, 0.3) is 0 Å². The first-order chi connectivity index (χ1) is 15.5. The lowest BCUT2D eigenvalue weighted by Crippen LogP contribution is -2.25. The van der Waals surface area contributed by atoms with Crippen LogP contribution in [0.25, 0.3) is 16.6 Å². The number of anilines is 1. The molecule has 4 rings (SSSR count). The van der Waals surface area contributed by atoms with Crippen molar-refractivity contribution in [2.75, 3.05) is 11.9 Å². The Morgan fingerprint density at radius 2 is 1.84 bits per heavy atom. The number of hydrogen-bond acceptors (Lipinski definition) is 6. The number of para-hydroxylation sites is 1. The Kier molecular flexibility index (Phi) is 6.41. The summed E-state index contributed by atoms with van der Waals surface area (Å²) >= 11 is 1.39. The number of ether oxygens (including phenoxy) is 1. The normalized spacial score (nSPS) is 12.1. The number of aryl methyl sites for hydroxylation is 1. The summed E-state index contributed by atoms with van der Waals surface area (Å²) in [6.45, 7) is 6.10. The van der Waals surface area contributed by atoms with Crippen LogP contribution in [0, 0.1) is 6.92 Å². The van der Waals surface area contributed by atoms with Crippen LogP contribution in [0.1, 0.15) is 36.2 Å². The summed E-state index contributed by atoms with van der Waals surface area (Å²) < 4.78 is 6.99. The fourth-order valence-electron chi connectivity index (χ4n) is 3.53. The zero-order valence-corrected chi connectivity index (χ0v) is 19.0. The first-order valence-corrected chi connectivity index (χ1v) is 11.4. The Balaban J connectivity index is 1.55. The van der Waals surface area contributed by atoms with Gasteiger partial charge in [-0.05, 0) is 62.2 Å². The van der Waals surface area contributed by atoms with E-state index in [4.69, 9.17) is 4.74 Å². The molecule has 0 saturated heterocycles. The van der Waals surface area contributed by atoms with Gasteiger partial charge < -0.3 is 10.1 Å². The quantitative estimate of drug-likeness (QED) is 0.320. The number of fused-ring (bicyclic) bond motifs is 3. The van der Waals surface area contributed by atoms with Crippen LogP contribution in [0.5, 0.6) is 0 Å². The third-order valence-corrected chi connectivity index (χ3v) is 6.46. The van der Waals surface area contributed by atoms with Gasteiger partial charge in [-0.3, -0.25) is 9.20 Å². The van der Waals surface area contributed by atoms with Gasteiger partial charge in [0.2, 0.25) is 5.91 Å². The maximum atomic E-state index is 13.0. The summed E-state index contributed by atoms with van der Waals surface area (Å²) in [5.41, 5.74) is 3.97. The maximum absolute atomic E-state index is 13.0. The Morgan fingerprint density at radius 1 is 1.09 bits per heavy atom. The summed E-state index contributed by atoms with van der Waals surface area (Å²) in [5.74, 6) is -0.511. The monoisotopic (exact) mass is 448 g/mol. The molecule has 0 fully saturated rings. The Morgan fingerprint density at radius 3 is 2.56 bits per heavy atom. The first kappa shape index (κ1) is 21.8. The number of hydrogen-bond donors (Lipinski definition) is 1. The minimum Gasteiger partial charge on any atom is -0.462 e. The zero-order chi connectivity index (χ0) is 22.7. The number of aromatic nitrogens is 3. The van der Waals surface area contributed by atoms with Gasteiger partial charge in [0, 0.05) is 11.1 Å². The summed E-state index contributed by atoms with van der Waals surface area (Å²) in [6, 6.07) is 16.8. The fraction of sp³-hybridized carbons (Fsp3) is 0.250. The van der Waals surface area contributed by atoms with E-state index in [9.17, 15) is 9.59 Å². The second-order valence-corrected chi connectivity index (χ2v) is 8.49. The molecule has 2 heterocycles. The zero-order valence-electron chi connectivity index (χ0n) is 18.2. The van der Waals surface area contributed by atoms with Crippen molar-refractivity contribution in [2.45, 2.75) is 37.6 Å². The Hall–Kier alpha value is -3.39. The number of pyridine rings is 1. The lowest BCUT2D eigenvalue weighted by Gasteiger charge is -2.14. The molecule has 164 valence electrons. The van der Waals surface area contributed by atoms with E-state index in [2.05, 4.69) is 28.5 Å². The van der Waals surface area contributed by atoms with Crippen LogP contribution < -0.4 is 5.32 Å². The van der Waals surface area contributed by atoms with E-state index in [1.165, 1.54) is 11.8 Å². The van der Waals surface area contributed by atoms with Crippen molar-refractivity contribution in [3.63, 3.8) is 0 Å². The number of carbonyl (C=O) groups is 2. The van der Waals surface area contributed by atoms with Crippen molar-refractivity contribution >= 4 is 45.9 Å². The van der Waals surface area contributed by atoms with E-state index in [0.29, 0.717) is 29.4 Å². The van der Waals surface area contributed by atoms with Crippen molar-refractivity contribution < 1.29 is 14.3 Å². The number of benzene rings is 2. The molecular weight excluding hydrogens is 424 g/mol. The van der Waals surface area contributed by atoms with Crippen LogP contribution in [-0.2, 0) is 9.53 Å². The number of thioether (sulfide) groups is 1. The lowest BCUT2D eigenvalue weighted by molar-refractivity contribution is -0.115. The number of amides is 1. The predicted molar refractivity (Wildman–Crippen MR) is 126 cm³/mol. The maximum Gasteiger partial charge on any atom is 0.338 e. The second kappa shape index (κ2) is 9.40. The molecule has 2 aromatic heterocycles. The highest BCUT2D eigenvalue weighted by Gasteiger charge is 2.22. The van der Waals surface area contributed by atoms with Gasteiger partial charge in [0.15, 0.2) is 10.8 Å². The Bertz CT molecular complexity index is 1280. The molecule has 0 radical (unpaired) electrons. The minimum atomic E-state index is -0.381. The van der Waals surface area contributed by atoms with Crippen molar-refractivity contribution in [3.8, 4) is 0 Å². The summed E-state index contributed by atoms with van der Waals surface area (Å²) in [7, 11) is 0. The van der Waals surface area contributed by atoms with Gasteiger partial charge in [-0.2, -0.15) is 0 Å². The standard InChI is InChI=1S/C24H24N4O3S/c1-4-20(22(29)25-17-12-10-16(11-13-17)23(30)31-5-2)32-24-27-26-21-14-15(3)18-8-6-7-9-19(18)28(21)24/h6-14,20H,4-5H2,1-3H3,(H,25,29). The molecule has 1 atom stereocenters. The van der Waals surface area contributed by atoms with Crippen LogP contribution in [0.3, 0.4) is 0 Å². The molecule has 1 unspecified atom stereocenters. The minimum absolute atomic E-state index is 0.130. The highest BCUT2D eigenvalue weighted by molar-refractivity contribution is 8.00. The van der Waals surface area contributed by atoms with Gasteiger partial charge in [-0.1, -0.05) is 36.9 Å². The van der Waals surface area contributed by atoms with Crippen molar-refractivity contribution in [1.29, 1.82) is 0 Å². The molecule has 1 N–H and O–H groups in total. The van der Waals surface area contributed by atoms with Crippen molar-refractivity contribution in [1.82, 2.24) is 14.6 Å². The van der Waals surface area contributed by atoms with Crippen LogP contribution >= 0.6 is 11.8 Å². The average molecular weight is 449 g/mol. The van der Waals surface area contributed by atoms with Crippen LogP contribution in [0.15, 0.2) is 59.8 Å². The predicted octanol–water partition coefficient (Wildman–Crippen LogP) is 4.88. The van der Waals surface area contributed by atoms with E-state index < -0.39 is 0 Å². The van der Waals surface area contributed by atoms with E-state index in [-0.39, 0.29) is 17.1 Å². The molecule has 1 amide bonds. The van der Waals surface area contributed by atoms with Gasteiger partial charge >= 0.3 is 5.97 Å². The highest BCUT2D eigenvalue weighted by atomic mass is 32.2. The van der Waals surface area contributed by atoms with E-state index in [0.717, 1.165) is 22.1 Å². The van der Waals surface area contributed by atoms with Gasteiger partial charge in [0.1, 0.15) is 0 Å². The van der Waals surface area contributed by atoms with E-state index in [1.54, 1.807) is 31.2 Å². The fourth-order valence-corrected chi connectivity index (χ4v) is 4.50. The van der Waals surface area contributed by atoms with E-state index >= 15 is 0 Å². The molecule has 0 aliphatic heterocycles. The van der Waals surface area contributed by atoms with Crippen molar-refractivity contribution in [3.05, 3.63) is 65.7 Å². The van der Waals surface area contributed by atoms with Crippen molar-refractivity contribution in [2.24, 2.45) is 0 Å². The lowest BCUT2D eigenvalue weighted by atomic mass is 10.1. The number of esters is 1. The van der Waals surface area contributed by atoms with Crippen LogP contribution in [-0.4, -0.2) is 38.3 Å². The van der Waals surface area contributed by atoms with Gasteiger partial charge in [-0.25, -0.2) is 4.79 Å². The molecule has 32 heavy (non-hydrogen) atoms. The van der Waals surface area contributed by atoms with E-state index in [1.807, 2.05) is 35.6 Å². The Labute approximate surface area is 190 Å². The van der Waals surface area contributed by atoms with Crippen LogP contribution in [0.2, 0.25) is 0 Å². The molecule has 0 spiro atoms. The summed E-state index contributed by atoms with van der Waals surface area (Å²) in [4.78, 5) is 24.8. The molecule has 0 saturated carbocycles. The average Bonchev–Trinajstić information content (AvgIpc) is 3.20. The highest BCUT2D eigenvalue weighted by Crippen LogP contribution is 2.29. The summed E-state index contributed by atoms with van der Waals surface area (Å²) in [6.07, 6.45) is 0.621. The molecule has 0 aliphatic rings. The number of rotatable bonds is 7. The third kappa shape index (κ3) is 4.31. The number of carbonyl (C=O) groups excluding carboxylic acids is 2. The largest absolute Gasteiger partial charge is 0.462 e. The molecule has 7 nitrogen and oxygen atoms in total. The third-order valence-electron chi connectivity index (χ3n) is 5.15. The van der Waals surface area contributed by atoms with Gasteiger partial charge in [-0.15, -0.1) is 10.2 Å². The first-order valence-electron chi connectivity index (χ1n) is 10.5. The molecular formula is C24H24N4O3S. The SMILES string of the molecule is CCOC(=O)c1ccc(NC(=O)C(CC)Sc2nnc3cc(C)c4ccccc4n23)cc1. The molecule has 0 bridgehead atoms. The van der Waals surface area contributed by atoms with Crippen LogP contribution in [0.4, 0.5) is 5.69 Å². The number of nitrogens with one attached hydrogen (secondary N) is 1. The van der Waals surface area contributed by atoms with Gasteiger partial charge in [0.05, 0.1) is 22.9 Å². The smallest absolute Gasteiger partial charge is 0.338 e. The molecule has 4 aromatic rings. The molecule has 2 aromatic carbocycles.